The van der Waals surface area contributed by atoms with Crippen LogP contribution < -0.4 is 0 Å². The molecule has 0 aromatic heterocycles. The lowest BCUT2D eigenvalue weighted by molar-refractivity contribution is 1.47. The highest BCUT2D eigenvalue weighted by atomic mass is 14.3. The van der Waals surface area contributed by atoms with Gasteiger partial charge in [0.2, 0.25) is 0 Å². The van der Waals surface area contributed by atoms with E-state index in [2.05, 4.69) is 0 Å². The first-order valence-corrected chi connectivity index (χ1v) is 6.87. The Morgan fingerprint density at radius 3 is 1.08 bits per heavy atom. The SMILES string of the molecule is N#CC(C#N)=Cc1ccccc1.N#CC(C#N)=Cc1ccccc1. The molecule has 0 aliphatic carbocycles. The molecule has 4 heteroatoms. The van der Waals surface area contributed by atoms with Crippen LogP contribution in [0.4, 0.5) is 0 Å². The molecule has 2 aromatic carbocycles. The molecule has 0 aliphatic heterocycles. The van der Waals surface area contributed by atoms with E-state index in [1.165, 1.54) is 0 Å². The van der Waals surface area contributed by atoms with Crippen LogP contribution in [0.1, 0.15) is 11.1 Å². The van der Waals surface area contributed by atoms with Gasteiger partial charge in [0.15, 0.2) is 0 Å². The van der Waals surface area contributed by atoms with Crippen LogP contribution in [0.2, 0.25) is 0 Å². The molecule has 0 atom stereocenters. The number of nitrogens with zero attached hydrogens (tertiary/aromatic N) is 4. The number of hydrogen-bond acceptors (Lipinski definition) is 4. The Hall–Kier alpha value is -4.12. The largest absolute Gasteiger partial charge is 0.192 e. The smallest absolute Gasteiger partial charge is 0.130 e. The molecule has 0 bridgehead atoms. The quantitative estimate of drug-likeness (QED) is 0.775. The molecular weight excluding hydrogens is 296 g/mol. The van der Waals surface area contributed by atoms with Crippen molar-refractivity contribution < 1.29 is 0 Å². The van der Waals surface area contributed by atoms with E-state index in [0.29, 0.717) is 0 Å². The minimum Gasteiger partial charge on any atom is -0.192 e. The van der Waals surface area contributed by atoms with E-state index in [-0.39, 0.29) is 11.1 Å². The molecule has 0 saturated heterocycles. The van der Waals surface area contributed by atoms with Gasteiger partial charge in [0.05, 0.1) is 0 Å². The molecule has 0 amide bonds. The topological polar surface area (TPSA) is 95.2 Å². The van der Waals surface area contributed by atoms with Gasteiger partial charge in [0.25, 0.3) is 0 Å². The summed E-state index contributed by atoms with van der Waals surface area (Å²) in [4.78, 5) is 0. The van der Waals surface area contributed by atoms with Crippen LogP contribution in [0.25, 0.3) is 12.2 Å². The average Bonchev–Trinajstić information content (AvgIpc) is 2.66. The predicted molar refractivity (Wildman–Crippen MR) is 91.3 cm³/mol. The van der Waals surface area contributed by atoms with E-state index in [9.17, 15) is 0 Å². The zero-order valence-electron chi connectivity index (χ0n) is 12.7. The summed E-state index contributed by atoms with van der Waals surface area (Å²) < 4.78 is 0. The summed E-state index contributed by atoms with van der Waals surface area (Å²) in [5, 5.41) is 33.8. The molecule has 0 aliphatic rings. The summed E-state index contributed by atoms with van der Waals surface area (Å²) in [5.41, 5.74) is 1.99. The number of rotatable bonds is 2. The second-order valence-electron chi connectivity index (χ2n) is 4.38. The van der Waals surface area contributed by atoms with E-state index in [1.54, 1.807) is 36.4 Å². The second kappa shape index (κ2) is 10.6. The third-order valence-corrected chi connectivity index (χ3v) is 2.70. The van der Waals surface area contributed by atoms with Crippen LogP contribution in [0, 0.1) is 45.3 Å². The Labute approximate surface area is 141 Å². The molecule has 24 heavy (non-hydrogen) atoms. The molecule has 112 valence electrons. The van der Waals surface area contributed by atoms with Crippen molar-refractivity contribution in [1.29, 1.82) is 21.0 Å². The molecule has 2 rings (SSSR count). The van der Waals surface area contributed by atoms with Gasteiger partial charge in [-0.25, -0.2) is 0 Å². The summed E-state index contributed by atoms with van der Waals surface area (Å²) >= 11 is 0. The van der Waals surface area contributed by atoms with Gasteiger partial charge in [0.1, 0.15) is 35.4 Å². The second-order valence-corrected chi connectivity index (χ2v) is 4.38. The summed E-state index contributed by atoms with van der Waals surface area (Å²) in [7, 11) is 0. The Morgan fingerprint density at radius 2 is 0.833 bits per heavy atom. The lowest BCUT2D eigenvalue weighted by Crippen LogP contribution is -1.73. The highest BCUT2D eigenvalue weighted by molar-refractivity contribution is 5.62. The van der Waals surface area contributed by atoms with Gasteiger partial charge < -0.3 is 0 Å². The molecule has 0 heterocycles. The van der Waals surface area contributed by atoms with E-state index >= 15 is 0 Å². The van der Waals surface area contributed by atoms with Crippen molar-refractivity contribution in [2.24, 2.45) is 0 Å². The van der Waals surface area contributed by atoms with Gasteiger partial charge in [-0.3, -0.25) is 0 Å². The van der Waals surface area contributed by atoms with Crippen molar-refractivity contribution in [3.05, 3.63) is 82.9 Å². The minimum atomic E-state index is 0.126. The molecule has 2 aromatic rings. The van der Waals surface area contributed by atoms with E-state index in [0.717, 1.165) is 11.1 Å². The third-order valence-electron chi connectivity index (χ3n) is 2.70. The monoisotopic (exact) mass is 308 g/mol. The lowest BCUT2D eigenvalue weighted by Gasteiger charge is -1.88. The van der Waals surface area contributed by atoms with E-state index < -0.39 is 0 Å². The van der Waals surface area contributed by atoms with Gasteiger partial charge in [-0.2, -0.15) is 21.0 Å². The third kappa shape index (κ3) is 6.55. The molecular formula is C20H12N4. The van der Waals surface area contributed by atoms with Crippen LogP contribution in [0.15, 0.2) is 71.8 Å². The average molecular weight is 308 g/mol. The maximum Gasteiger partial charge on any atom is 0.130 e. The van der Waals surface area contributed by atoms with Crippen LogP contribution >= 0.6 is 0 Å². The van der Waals surface area contributed by atoms with Gasteiger partial charge in [-0.05, 0) is 23.3 Å². The molecule has 0 saturated carbocycles. The van der Waals surface area contributed by atoms with Gasteiger partial charge >= 0.3 is 0 Å². The first kappa shape index (κ1) is 17.9. The summed E-state index contributed by atoms with van der Waals surface area (Å²) in [5.74, 6) is 0. The van der Waals surface area contributed by atoms with Crippen molar-refractivity contribution in [2.45, 2.75) is 0 Å². The maximum atomic E-state index is 8.45. The Kier molecular flexibility index (Phi) is 7.91. The van der Waals surface area contributed by atoms with E-state index in [4.69, 9.17) is 21.0 Å². The first-order chi connectivity index (χ1) is 11.7. The molecule has 0 N–H and O–H groups in total. The number of hydrogen-bond donors (Lipinski definition) is 0. The predicted octanol–water partition coefficient (Wildman–Crippen LogP) is 4.23. The zero-order valence-corrected chi connectivity index (χ0v) is 12.7. The molecule has 0 fully saturated rings. The maximum absolute atomic E-state index is 8.45. The highest BCUT2D eigenvalue weighted by Crippen LogP contribution is 2.05. The molecule has 0 spiro atoms. The van der Waals surface area contributed by atoms with Crippen LogP contribution in [0.3, 0.4) is 0 Å². The fourth-order valence-electron chi connectivity index (χ4n) is 1.61. The van der Waals surface area contributed by atoms with Gasteiger partial charge in [0, 0.05) is 0 Å². The normalized spacial score (nSPS) is 7.83. The van der Waals surface area contributed by atoms with Gasteiger partial charge in [-0.15, -0.1) is 0 Å². The Balaban J connectivity index is 0.000000240. The molecule has 0 radical (unpaired) electrons. The number of benzene rings is 2. The Bertz CT molecular complexity index is 772. The van der Waals surface area contributed by atoms with E-state index in [1.807, 2.05) is 60.7 Å². The fraction of sp³-hybridized carbons (Fsp3) is 0. The highest BCUT2D eigenvalue weighted by Gasteiger charge is 1.92. The van der Waals surface area contributed by atoms with Crippen LogP contribution in [-0.4, -0.2) is 0 Å². The van der Waals surface area contributed by atoms with Crippen molar-refractivity contribution in [1.82, 2.24) is 0 Å². The van der Waals surface area contributed by atoms with Crippen molar-refractivity contribution in [3.8, 4) is 24.3 Å². The summed E-state index contributed by atoms with van der Waals surface area (Å²) in [6.45, 7) is 0. The van der Waals surface area contributed by atoms with Crippen molar-refractivity contribution in [3.63, 3.8) is 0 Å². The van der Waals surface area contributed by atoms with Crippen molar-refractivity contribution in [2.75, 3.05) is 0 Å². The molecule has 4 nitrogen and oxygen atoms in total. The first-order valence-electron chi connectivity index (χ1n) is 6.87. The van der Waals surface area contributed by atoms with Crippen LogP contribution in [0.5, 0.6) is 0 Å². The minimum absolute atomic E-state index is 0.126. The Morgan fingerprint density at radius 1 is 0.542 bits per heavy atom. The molecule has 0 unspecified atom stereocenters. The van der Waals surface area contributed by atoms with Crippen LogP contribution in [-0.2, 0) is 0 Å². The fourth-order valence-corrected chi connectivity index (χ4v) is 1.61. The van der Waals surface area contributed by atoms with Crippen molar-refractivity contribution >= 4 is 12.2 Å². The lowest BCUT2D eigenvalue weighted by atomic mass is 10.1. The number of allylic oxidation sites excluding steroid dienone is 2. The zero-order chi connectivity index (χ0) is 17.6. The summed E-state index contributed by atoms with van der Waals surface area (Å²) in [6.07, 6.45) is 3.11. The standard InChI is InChI=1S/2C10H6N2/c2*11-7-10(8-12)6-9-4-2-1-3-5-9/h2*1-6H. The van der Waals surface area contributed by atoms with Gasteiger partial charge in [-0.1, -0.05) is 60.7 Å². The number of nitriles is 4. The summed E-state index contributed by atoms with van der Waals surface area (Å²) in [6, 6.07) is 25.8.